The predicted molar refractivity (Wildman–Crippen MR) is 76.7 cm³/mol. The van der Waals surface area contributed by atoms with Gasteiger partial charge in [-0.15, -0.1) is 0 Å². The summed E-state index contributed by atoms with van der Waals surface area (Å²) in [5.74, 6) is -1.04. The Labute approximate surface area is 120 Å². The summed E-state index contributed by atoms with van der Waals surface area (Å²) < 4.78 is 31.2. The van der Waals surface area contributed by atoms with Gasteiger partial charge >= 0.3 is 0 Å². The number of rotatable bonds is 3. The van der Waals surface area contributed by atoms with Crippen LogP contribution in [-0.2, 0) is 10.1 Å². The summed E-state index contributed by atoms with van der Waals surface area (Å²) in [5, 5.41) is 12.1. The van der Waals surface area contributed by atoms with E-state index in [9.17, 15) is 18.3 Å². The molecule has 0 unspecified atom stereocenters. The Bertz CT molecular complexity index is 788. The number of phenolic OH excluding ortho intramolecular Hbond substituents is 1. The van der Waals surface area contributed by atoms with Crippen molar-refractivity contribution in [1.82, 2.24) is 0 Å². The molecule has 0 aliphatic carbocycles. The van der Waals surface area contributed by atoms with E-state index in [0.717, 1.165) is 12.1 Å². The fourth-order valence-electron chi connectivity index (χ4n) is 1.66. The maximum atomic E-state index is 12.0. The van der Waals surface area contributed by atoms with Gasteiger partial charge in [0, 0.05) is 5.56 Å². The lowest BCUT2D eigenvalue weighted by molar-refractivity contribution is 0.102. The summed E-state index contributed by atoms with van der Waals surface area (Å²) in [6.07, 6.45) is 0. The molecule has 2 rings (SSSR count). The molecular weight excluding hydrogens is 296 g/mol. The Hall–Kier alpha value is -2.58. The number of carbonyl (C=O) groups excluding carboxylic acids is 1. The molecule has 0 fully saturated rings. The molecule has 0 saturated heterocycles. The molecule has 0 aliphatic heterocycles. The van der Waals surface area contributed by atoms with Crippen molar-refractivity contribution < 1.29 is 22.9 Å². The van der Waals surface area contributed by atoms with E-state index >= 15 is 0 Å². The highest BCUT2D eigenvalue weighted by atomic mass is 32.2. The van der Waals surface area contributed by atoms with Crippen LogP contribution in [0.25, 0.3) is 0 Å². The number of nitrogens with one attached hydrogen (secondary N) is 1. The van der Waals surface area contributed by atoms with Gasteiger partial charge in [-0.1, -0.05) is 18.2 Å². The monoisotopic (exact) mass is 308 g/mol. The first-order valence-electron chi connectivity index (χ1n) is 5.75. The second-order valence-electron chi connectivity index (χ2n) is 4.20. The highest BCUT2D eigenvalue weighted by Crippen LogP contribution is 2.33. The quantitative estimate of drug-likeness (QED) is 0.386. The third kappa shape index (κ3) is 3.30. The molecule has 0 bridgehead atoms. The Morgan fingerprint density at radius 1 is 1.14 bits per heavy atom. The number of hydrogen-bond acceptors (Lipinski definition) is 5. The third-order valence-corrected chi connectivity index (χ3v) is 3.53. The van der Waals surface area contributed by atoms with Gasteiger partial charge in [0.05, 0.1) is 16.3 Å². The van der Waals surface area contributed by atoms with Gasteiger partial charge in [-0.25, -0.2) is 0 Å². The molecule has 5 N–H and O–H groups in total. The largest absolute Gasteiger partial charge is 0.504 e. The Morgan fingerprint density at radius 2 is 1.76 bits per heavy atom. The number of phenols is 1. The highest BCUT2D eigenvalue weighted by molar-refractivity contribution is 7.85. The van der Waals surface area contributed by atoms with Gasteiger partial charge in [0.2, 0.25) is 0 Å². The number of carbonyl (C=O) groups is 1. The predicted octanol–water partition coefficient (Wildman–Crippen LogP) is 1.47. The fourth-order valence-corrected chi connectivity index (χ4v) is 2.20. The van der Waals surface area contributed by atoms with Crippen LogP contribution >= 0.6 is 0 Å². The maximum absolute atomic E-state index is 12.0. The van der Waals surface area contributed by atoms with Crippen LogP contribution in [-0.4, -0.2) is 24.0 Å². The lowest BCUT2D eigenvalue weighted by Gasteiger charge is -2.10. The van der Waals surface area contributed by atoms with Crippen LogP contribution in [0.1, 0.15) is 10.4 Å². The number of aromatic hydroxyl groups is 1. The van der Waals surface area contributed by atoms with Gasteiger partial charge in [0.1, 0.15) is 0 Å². The van der Waals surface area contributed by atoms with E-state index in [1.165, 1.54) is 0 Å². The van der Waals surface area contributed by atoms with E-state index in [4.69, 9.17) is 10.3 Å². The van der Waals surface area contributed by atoms with Gasteiger partial charge in [0.25, 0.3) is 16.0 Å². The van der Waals surface area contributed by atoms with E-state index in [0.29, 0.717) is 5.56 Å². The van der Waals surface area contributed by atoms with E-state index in [2.05, 4.69) is 5.32 Å². The van der Waals surface area contributed by atoms with Crippen LogP contribution in [0.4, 0.5) is 11.4 Å². The molecule has 2 aromatic rings. The average Bonchev–Trinajstić information content (AvgIpc) is 2.43. The number of anilines is 2. The van der Waals surface area contributed by atoms with Crippen molar-refractivity contribution in [1.29, 1.82) is 0 Å². The topological polar surface area (TPSA) is 130 Å². The minimum atomic E-state index is -4.51. The van der Waals surface area contributed by atoms with Crippen LogP contribution < -0.4 is 11.1 Å². The molecular formula is C13H12N2O5S. The Morgan fingerprint density at radius 3 is 2.33 bits per heavy atom. The number of nitrogens with two attached hydrogens (primary N) is 1. The van der Waals surface area contributed by atoms with E-state index in [1.54, 1.807) is 30.3 Å². The van der Waals surface area contributed by atoms with E-state index in [1.807, 2.05) is 0 Å². The smallest absolute Gasteiger partial charge is 0.294 e. The highest BCUT2D eigenvalue weighted by Gasteiger charge is 2.17. The summed E-state index contributed by atoms with van der Waals surface area (Å²) in [4.78, 5) is 11.4. The minimum Gasteiger partial charge on any atom is -0.504 e. The first-order valence-corrected chi connectivity index (χ1v) is 7.19. The van der Waals surface area contributed by atoms with Crippen molar-refractivity contribution in [3.05, 3.63) is 48.0 Å². The number of hydrogen-bond donors (Lipinski definition) is 4. The number of nitrogen functional groups attached to an aromatic ring is 1. The molecule has 0 aromatic heterocycles. The molecule has 1 amide bonds. The Kier molecular flexibility index (Phi) is 3.83. The van der Waals surface area contributed by atoms with Crippen molar-refractivity contribution in [3.63, 3.8) is 0 Å². The average molecular weight is 308 g/mol. The number of benzene rings is 2. The molecule has 2 aromatic carbocycles. The van der Waals surface area contributed by atoms with Gasteiger partial charge in [0.15, 0.2) is 5.75 Å². The van der Waals surface area contributed by atoms with Crippen LogP contribution in [0.5, 0.6) is 5.75 Å². The zero-order valence-corrected chi connectivity index (χ0v) is 11.5. The Balaban J connectivity index is 2.41. The van der Waals surface area contributed by atoms with Gasteiger partial charge in [-0.05, 0) is 24.3 Å². The van der Waals surface area contributed by atoms with Crippen LogP contribution in [0.3, 0.4) is 0 Å². The van der Waals surface area contributed by atoms with Gasteiger partial charge < -0.3 is 16.2 Å². The first-order chi connectivity index (χ1) is 9.79. The van der Waals surface area contributed by atoms with Gasteiger partial charge in [-0.3, -0.25) is 9.35 Å². The summed E-state index contributed by atoms with van der Waals surface area (Å²) in [6.45, 7) is 0. The second kappa shape index (κ2) is 5.43. The summed E-state index contributed by atoms with van der Waals surface area (Å²) in [5.41, 5.74) is 5.27. The van der Waals surface area contributed by atoms with E-state index < -0.39 is 26.7 Å². The SMILES string of the molecule is Nc1cc(S(=O)(=O)O)cc(NC(=O)c2ccccc2)c1O. The summed E-state index contributed by atoms with van der Waals surface area (Å²) >= 11 is 0. The van der Waals surface area contributed by atoms with Crippen molar-refractivity contribution in [2.24, 2.45) is 0 Å². The van der Waals surface area contributed by atoms with Crippen LogP contribution in [0.2, 0.25) is 0 Å². The molecule has 8 heteroatoms. The molecule has 0 radical (unpaired) electrons. The molecule has 0 spiro atoms. The van der Waals surface area contributed by atoms with E-state index in [-0.39, 0.29) is 11.4 Å². The fraction of sp³-hybridized carbons (Fsp3) is 0. The third-order valence-electron chi connectivity index (χ3n) is 2.69. The molecule has 0 heterocycles. The zero-order chi connectivity index (χ0) is 15.6. The van der Waals surface area contributed by atoms with Crippen LogP contribution in [0.15, 0.2) is 47.4 Å². The lowest BCUT2D eigenvalue weighted by Crippen LogP contribution is -2.13. The normalized spacial score (nSPS) is 11.1. The zero-order valence-electron chi connectivity index (χ0n) is 10.6. The molecule has 0 saturated carbocycles. The molecule has 0 atom stereocenters. The van der Waals surface area contributed by atoms with Crippen molar-refractivity contribution in [3.8, 4) is 5.75 Å². The van der Waals surface area contributed by atoms with Crippen molar-refractivity contribution >= 4 is 27.4 Å². The lowest BCUT2D eigenvalue weighted by atomic mass is 10.2. The maximum Gasteiger partial charge on any atom is 0.294 e. The summed E-state index contributed by atoms with van der Waals surface area (Å²) in [7, 11) is -4.51. The van der Waals surface area contributed by atoms with Crippen molar-refractivity contribution in [2.45, 2.75) is 4.90 Å². The molecule has 110 valence electrons. The number of amides is 1. The van der Waals surface area contributed by atoms with Crippen LogP contribution in [0, 0.1) is 0 Å². The first kappa shape index (κ1) is 14.8. The molecule has 0 aliphatic rings. The second-order valence-corrected chi connectivity index (χ2v) is 5.63. The standard InChI is InChI=1S/C13H12N2O5S/c14-10-6-9(21(18,19)20)7-11(12(10)16)15-13(17)8-4-2-1-3-5-8/h1-7,16H,14H2,(H,15,17)(H,18,19,20). The minimum absolute atomic E-state index is 0.212. The van der Waals surface area contributed by atoms with Gasteiger partial charge in [-0.2, -0.15) is 8.42 Å². The van der Waals surface area contributed by atoms with Crippen molar-refractivity contribution in [2.75, 3.05) is 11.1 Å². The molecule has 21 heavy (non-hydrogen) atoms. The summed E-state index contributed by atoms with van der Waals surface area (Å²) in [6, 6.07) is 9.93. The molecule has 7 nitrogen and oxygen atoms in total.